The summed E-state index contributed by atoms with van der Waals surface area (Å²) in [5.41, 5.74) is 3.99. The smallest absolute Gasteiger partial charge is 0.238 e. The fourth-order valence-electron chi connectivity index (χ4n) is 3.38. The second-order valence-corrected chi connectivity index (χ2v) is 7.49. The van der Waals surface area contributed by atoms with Crippen molar-refractivity contribution in [3.8, 4) is 5.88 Å². The van der Waals surface area contributed by atoms with Gasteiger partial charge in [-0.05, 0) is 24.0 Å². The Morgan fingerprint density at radius 3 is 2.50 bits per heavy atom. The van der Waals surface area contributed by atoms with Gasteiger partial charge < -0.3 is 29.9 Å². The monoisotopic (exact) mass is 392 g/mol. The van der Waals surface area contributed by atoms with Crippen LogP contribution in [0.1, 0.15) is 42.1 Å². The zero-order valence-electron chi connectivity index (χ0n) is 16.2. The standard InChI is InChI=1S/C20H28N2O6/c1-10(2)15-13(8-12-7-5-4-6-11(12)3)19(22-21-15)28-20-18(26)17(25)16(24)14(9-23)27-20/h4-7,10,14,16-18,20,23-26H,8-9H2,1-3H3,(H,21,22)/t14-,16-,17+,18-,20+/m1/s1. The summed E-state index contributed by atoms with van der Waals surface area (Å²) in [5.74, 6) is 0.426. The van der Waals surface area contributed by atoms with Gasteiger partial charge in [0.25, 0.3) is 0 Å². The van der Waals surface area contributed by atoms with Gasteiger partial charge in [0, 0.05) is 17.7 Å². The lowest BCUT2D eigenvalue weighted by Crippen LogP contribution is -2.60. The fourth-order valence-corrected chi connectivity index (χ4v) is 3.38. The van der Waals surface area contributed by atoms with Gasteiger partial charge in [-0.3, -0.25) is 5.10 Å². The molecule has 1 aliphatic heterocycles. The van der Waals surface area contributed by atoms with Crippen LogP contribution in [0, 0.1) is 6.92 Å². The minimum absolute atomic E-state index is 0.165. The molecule has 1 aliphatic rings. The number of rotatable bonds is 6. The van der Waals surface area contributed by atoms with Gasteiger partial charge in [0.05, 0.1) is 6.61 Å². The summed E-state index contributed by atoms with van der Waals surface area (Å²) >= 11 is 0. The van der Waals surface area contributed by atoms with Crippen molar-refractivity contribution in [3.05, 3.63) is 46.6 Å². The minimum Gasteiger partial charge on any atom is -0.443 e. The molecule has 3 rings (SSSR count). The van der Waals surface area contributed by atoms with Crippen LogP contribution in [0.4, 0.5) is 0 Å². The normalized spacial score (nSPS) is 27.9. The van der Waals surface area contributed by atoms with E-state index in [9.17, 15) is 20.4 Å². The molecule has 0 radical (unpaired) electrons. The molecule has 0 spiro atoms. The first-order chi connectivity index (χ1) is 13.3. The largest absolute Gasteiger partial charge is 0.443 e. The molecule has 8 heteroatoms. The van der Waals surface area contributed by atoms with E-state index in [0.717, 1.165) is 22.4 Å². The second-order valence-electron chi connectivity index (χ2n) is 7.49. The SMILES string of the molecule is Cc1ccccc1Cc1c(O[C@@H]2O[C@H](CO)[C@@H](O)[C@H](O)[C@H]2O)n[nH]c1C(C)C. The zero-order chi connectivity index (χ0) is 20.4. The van der Waals surface area contributed by atoms with Gasteiger partial charge in [0.15, 0.2) is 0 Å². The van der Waals surface area contributed by atoms with Crippen molar-refractivity contribution in [2.75, 3.05) is 6.61 Å². The van der Waals surface area contributed by atoms with E-state index in [1.165, 1.54) is 0 Å². The van der Waals surface area contributed by atoms with Gasteiger partial charge in [-0.1, -0.05) is 38.1 Å². The van der Waals surface area contributed by atoms with E-state index in [-0.39, 0.29) is 11.8 Å². The van der Waals surface area contributed by atoms with Crippen LogP contribution < -0.4 is 4.74 Å². The van der Waals surface area contributed by atoms with Crippen molar-refractivity contribution in [3.63, 3.8) is 0 Å². The molecule has 0 bridgehead atoms. The lowest BCUT2D eigenvalue weighted by atomic mass is 9.97. The number of benzene rings is 1. The number of H-pyrrole nitrogens is 1. The average molecular weight is 392 g/mol. The van der Waals surface area contributed by atoms with Crippen LogP contribution >= 0.6 is 0 Å². The molecule has 0 aliphatic carbocycles. The minimum atomic E-state index is -1.50. The Kier molecular flexibility index (Phi) is 6.36. The van der Waals surface area contributed by atoms with Crippen molar-refractivity contribution in [1.82, 2.24) is 10.2 Å². The van der Waals surface area contributed by atoms with Gasteiger partial charge in [-0.15, -0.1) is 5.10 Å². The maximum Gasteiger partial charge on any atom is 0.238 e. The summed E-state index contributed by atoms with van der Waals surface area (Å²) in [4.78, 5) is 0. The number of hydrogen-bond donors (Lipinski definition) is 5. The molecule has 0 saturated carbocycles. The number of nitrogens with zero attached hydrogens (tertiary/aromatic N) is 1. The molecule has 1 aromatic carbocycles. The zero-order valence-corrected chi connectivity index (χ0v) is 16.2. The lowest BCUT2D eigenvalue weighted by molar-refractivity contribution is -0.278. The molecule has 1 fully saturated rings. The van der Waals surface area contributed by atoms with Crippen LogP contribution in [0.5, 0.6) is 5.88 Å². The molecule has 154 valence electrons. The van der Waals surface area contributed by atoms with Crippen LogP contribution in [0.15, 0.2) is 24.3 Å². The molecule has 2 aromatic rings. The van der Waals surface area contributed by atoms with E-state index < -0.39 is 37.3 Å². The Morgan fingerprint density at radius 2 is 1.86 bits per heavy atom. The maximum atomic E-state index is 10.2. The number of aromatic amines is 1. The van der Waals surface area contributed by atoms with E-state index in [4.69, 9.17) is 9.47 Å². The van der Waals surface area contributed by atoms with Crippen LogP contribution in [0.3, 0.4) is 0 Å². The third kappa shape index (κ3) is 4.06. The number of aliphatic hydroxyl groups excluding tert-OH is 4. The first-order valence-corrected chi connectivity index (χ1v) is 9.42. The van der Waals surface area contributed by atoms with Gasteiger partial charge in [-0.25, -0.2) is 0 Å². The predicted molar refractivity (Wildman–Crippen MR) is 101 cm³/mol. The third-order valence-electron chi connectivity index (χ3n) is 5.14. The van der Waals surface area contributed by atoms with Crippen molar-refractivity contribution in [1.29, 1.82) is 0 Å². The Labute approximate surface area is 163 Å². The molecular weight excluding hydrogens is 364 g/mol. The van der Waals surface area contributed by atoms with Crippen molar-refractivity contribution < 1.29 is 29.9 Å². The average Bonchev–Trinajstić information content (AvgIpc) is 3.06. The summed E-state index contributed by atoms with van der Waals surface area (Å²) in [7, 11) is 0. The molecule has 1 aromatic heterocycles. The Balaban J connectivity index is 1.89. The van der Waals surface area contributed by atoms with Gasteiger partial charge in [0.1, 0.15) is 24.4 Å². The Bertz CT molecular complexity index is 791. The van der Waals surface area contributed by atoms with Gasteiger partial charge in [-0.2, -0.15) is 0 Å². The maximum absolute atomic E-state index is 10.2. The fraction of sp³-hybridized carbons (Fsp3) is 0.550. The van der Waals surface area contributed by atoms with Crippen molar-refractivity contribution in [2.45, 2.75) is 63.8 Å². The summed E-state index contributed by atoms with van der Waals surface area (Å²) < 4.78 is 11.2. The molecule has 2 heterocycles. The topological polar surface area (TPSA) is 128 Å². The molecule has 0 amide bonds. The summed E-state index contributed by atoms with van der Waals surface area (Å²) in [6, 6.07) is 8.01. The predicted octanol–water partition coefficient (Wildman–Crippen LogP) is 0.611. The van der Waals surface area contributed by atoms with E-state index in [0.29, 0.717) is 6.42 Å². The number of hydrogen-bond acceptors (Lipinski definition) is 7. The van der Waals surface area contributed by atoms with Gasteiger partial charge >= 0.3 is 0 Å². The molecule has 1 saturated heterocycles. The van der Waals surface area contributed by atoms with Crippen LogP contribution in [-0.4, -0.2) is 67.9 Å². The number of aromatic nitrogens is 2. The van der Waals surface area contributed by atoms with Crippen molar-refractivity contribution in [2.24, 2.45) is 0 Å². The number of ether oxygens (including phenoxy) is 2. The van der Waals surface area contributed by atoms with E-state index in [1.54, 1.807) is 0 Å². The van der Waals surface area contributed by atoms with Crippen LogP contribution in [0.2, 0.25) is 0 Å². The molecule has 5 atom stereocenters. The summed E-state index contributed by atoms with van der Waals surface area (Å²) in [6.07, 6.45) is -6.15. The third-order valence-corrected chi connectivity index (χ3v) is 5.14. The highest BCUT2D eigenvalue weighted by Crippen LogP contribution is 2.31. The highest BCUT2D eigenvalue weighted by Gasteiger charge is 2.45. The lowest BCUT2D eigenvalue weighted by Gasteiger charge is -2.39. The number of aryl methyl sites for hydroxylation is 1. The molecule has 0 unspecified atom stereocenters. The van der Waals surface area contributed by atoms with E-state index in [1.807, 2.05) is 45.0 Å². The molecular formula is C20H28N2O6. The highest BCUT2D eigenvalue weighted by molar-refractivity contribution is 5.40. The van der Waals surface area contributed by atoms with E-state index >= 15 is 0 Å². The molecule has 5 N–H and O–H groups in total. The Hall–Kier alpha value is -1.97. The van der Waals surface area contributed by atoms with Crippen molar-refractivity contribution >= 4 is 0 Å². The number of aliphatic hydroxyl groups is 4. The van der Waals surface area contributed by atoms with Crippen LogP contribution in [-0.2, 0) is 11.2 Å². The molecule has 28 heavy (non-hydrogen) atoms. The Morgan fingerprint density at radius 1 is 1.14 bits per heavy atom. The molecule has 8 nitrogen and oxygen atoms in total. The summed E-state index contributed by atoms with van der Waals surface area (Å²) in [6.45, 7) is 5.58. The highest BCUT2D eigenvalue weighted by atomic mass is 16.7. The van der Waals surface area contributed by atoms with Crippen LogP contribution in [0.25, 0.3) is 0 Å². The first kappa shape index (κ1) is 20.8. The van der Waals surface area contributed by atoms with E-state index in [2.05, 4.69) is 10.2 Å². The first-order valence-electron chi connectivity index (χ1n) is 9.42. The quantitative estimate of drug-likeness (QED) is 0.487. The second kappa shape index (κ2) is 8.59. The van der Waals surface area contributed by atoms with Gasteiger partial charge in [0.2, 0.25) is 12.2 Å². The summed E-state index contributed by atoms with van der Waals surface area (Å²) in [5, 5.41) is 46.7. The number of nitrogens with one attached hydrogen (secondary N) is 1.